The first-order chi connectivity index (χ1) is 14.1. The van der Waals surface area contributed by atoms with Gasteiger partial charge in [0.05, 0.1) is 0 Å². The van der Waals surface area contributed by atoms with E-state index in [1.54, 1.807) is 18.3 Å². The minimum atomic E-state index is -0.180. The number of carbonyl (C=O) groups excluding carboxylic acids is 1. The predicted octanol–water partition coefficient (Wildman–Crippen LogP) is 4.79. The highest BCUT2D eigenvalue weighted by molar-refractivity contribution is 6.02. The van der Waals surface area contributed by atoms with Crippen LogP contribution in [0.1, 0.15) is 52.4 Å². The van der Waals surface area contributed by atoms with Gasteiger partial charge in [-0.2, -0.15) is 0 Å². The van der Waals surface area contributed by atoms with Crippen molar-refractivity contribution < 1.29 is 9.21 Å². The molecule has 1 amide bonds. The van der Waals surface area contributed by atoms with Crippen LogP contribution in [0, 0.1) is 6.92 Å². The van der Waals surface area contributed by atoms with Crippen molar-refractivity contribution in [3.8, 4) is 0 Å². The monoisotopic (exact) mass is 389 g/mol. The number of aryl methyl sites for hydroxylation is 1. The summed E-state index contributed by atoms with van der Waals surface area (Å²) in [5.41, 5.74) is 3.90. The zero-order chi connectivity index (χ0) is 20.2. The number of nitrogens with zero attached hydrogens (tertiary/aromatic N) is 2. The standard InChI is InChI=1S/C24H27N3O2/c1-17(23-9-6-18(2)29-23)10-13-27-14-11-19-7-8-21(15-20(19)16-27)26-24(28)22-5-3-4-12-25-22/h3-9,12,15,17H,10-11,13-14,16H2,1-2H3,(H,26,28). The molecule has 1 N–H and O–H groups in total. The number of nitrogens with one attached hydrogen (secondary N) is 1. The van der Waals surface area contributed by atoms with Gasteiger partial charge in [-0.15, -0.1) is 0 Å². The quantitative estimate of drug-likeness (QED) is 0.659. The van der Waals surface area contributed by atoms with E-state index in [2.05, 4.69) is 40.3 Å². The van der Waals surface area contributed by atoms with Crippen LogP contribution in [-0.2, 0) is 13.0 Å². The van der Waals surface area contributed by atoms with Gasteiger partial charge in [-0.05, 0) is 73.8 Å². The number of furan rings is 1. The molecule has 2 aromatic heterocycles. The normalized spacial score (nSPS) is 15.0. The number of pyridine rings is 1. The Labute approximate surface area is 171 Å². The van der Waals surface area contributed by atoms with Gasteiger partial charge in [0.1, 0.15) is 17.2 Å². The number of amides is 1. The van der Waals surface area contributed by atoms with Gasteiger partial charge in [-0.25, -0.2) is 0 Å². The highest BCUT2D eigenvalue weighted by atomic mass is 16.3. The maximum absolute atomic E-state index is 12.4. The van der Waals surface area contributed by atoms with E-state index in [9.17, 15) is 4.79 Å². The van der Waals surface area contributed by atoms with Crippen molar-refractivity contribution in [2.75, 3.05) is 18.4 Å². The molecule has 0 radical (unpaired) electrons. The van der Waals surface area contributed by atoms with E-state index in [-0.39, 0.29) is 5.91 Å². The van der Waals surface area contributed by atoms with Crippen LogP contribution in [0.15, 0.2) is 59.1 Å². The van der Waals surface area contributed by atoms with E-state index in [0.29, 0.717) is 11.6 Å². The first kappa shape index (κ1) is 19.4. The predicted molar refractivity (Wildman–Crippen MR) is 114 cm³/mol. The summed E-state index contributed by atoms with van der Waals surface area (Å²) in [6, 6.07) is 15.7. The summed E-state index contributed by atoms with van der Waals surface area (Å²) in [5.74, 6) is 2.27. The molecule has 1 aliphatic heterocycles. The zero-order valence-electron chi connectivity index (χ0n) is 17.0. The fraction of sp³-hybridized carbons (Fsp3) is 0.333. The van der Waals surface area contributed by atoms with Gasteiger partial charge in [0, 0.05) is 30.9 Å². The molecule has 4 rings (SSSR count). The van der Waals surface area contributed by atoms with Gasteiger partial charge in [0.25, 0.3) is 5.91 Å². The van der Waals surface area contributed by atoms with E-state index < -0.39 is 0 Å². The van der Waals surface area contributed by atoms with E-state index in [1.807, 2.05) is 25.1 Å². The first-order valence-corrected chi connectivity index (χ1v) is 10.2. The minimum Gasteiger partial charge on any atom is -0.466 e. The summed E-state index contributed by atoms with van der Waals surface area (Å²) in [6.45, 7) is 7.22. The first-order valence-electron chi connectivity index (χ1n) is 10.2. The Hall–Kier alpha value is -2.92. The topological polar surface area (TPSA) is 58.4 Å². The summed E-state index contributed by atoms with van der Waals surface area (Å²) in [5, 5.41) is 2.96. The molecule has 1 unspecified atom stereocenters. The lowest BCUT2D eigenvalue weighted by Gasteiger charge is -2.29. The molecule has 29 heavy (non-hydrogen) atoms. The Morgan fingerprint density at radius 2 is 2.10 bits per heavy atom. The van der Waals surface area contributed by atoms with Gasteiger partial charge in [-0.1, -0.05) is 19.1 Å². The van der Waals surface area contributed by atoms with E-state index in [1.165, 1.54) is 11.1 Å². The number of rotatable bonds is 6. The van der Waals surface area contributed by atoms with Crippen molar-refractivity contribution >= 4 is 11.6 Å². The largest absolute Gasteiger partial charge is 0.466 e. The average molecular weight is 389 g/mol. The molecular weight excluding hydrogens is 362 g/mol. The second-order valence-electron chi connectivity index (χ2n) is 7.82. The Morgan fingerprint density at radius 3 is 2.86 bits per heavy atom. The molecule has 1 atom stereocenters. The average Bonchev–Trinajstić information content (AvgIpc) is 3.18. The zero-order valence-corrected chi connectivity index (χ0v) is 17.0. The number of benzene rings is 1. The molecule has 0 fully saturated rings. The van der Waals surface area contributed by atoms with Crippen LogP contribution in [0.2, 0.25) is 0 Å². The summed E-state index contributed by atoms with van der Waals surface area (Å²) in [7, 11) is 0. The van der Waals surface area contributed by atoms with Crippen molar-refractivity contribution in [2.45, 2.75) is 39.2 Å². The Balaban J connectivity index is 1.37. The lowest BCUT2D eigenvalue weighted by molar-refractivity contribution is 0.102. The summed E-state index contributed by atoms with van der Waals surface area (Å²) in [6.07, 6.45) is 3.74. The third kappa shape index (κ3) is 4.74. The summed E-state index contributed by atoms with van der Waals surface area (Å²) < 4.78 is 5.77. The Kier molecular flexibility index (Phi) is 5.76. The van der Waals surface area contributed by atoms with Crippen molar-refractivity contribution in [1.29, 1.82) is 0 Å². The molecule has 5 heteroatoms. The van der Waals surface area contributed by atoms with E-state index in [0.717, 1.165) is 49.7 Å². The molecular formula is C24H27N3O2. The molecule has 0 saturated heterocycles. The Morgan fingerprint density at radius 1 is 1.21 bits per heavy atom. The van der Waals surface area contributed by atoms with E-state index in [4.69, 9.17) is 4.42 Å². The number of aromatic nitrogens is 1. The molecule has 1 aliphatic rings. The second kappa shape index (κ2) is 8.62. The van der Waals surface area contributed by atoms with Gasteiger partial charge >= 0.3 is 0 Å². The fourth-order valence-electron chi connectivity index (χ4n) is 3.81. The number of anilines is 1. The van der Waals surface area contributed by atoms with Crippen LogP contribution in [-0.4, -0.2) is 28.9 Å². The second-order valence-corrected chi connectivity index (χ2v) is 7.82. The van der Waals surface area contributed by atoms with Gasteiger partial charge in [0.2, 0.25) is 0 Å². The molecule has 0 bridgehead atoms. The van der Waals surface area contributed by atoms with Crippen molar-refractivity contribution in [2.24, 2.45) is 0 Å². The molecule has 3 aromatic rings. The highest BCUT2D eigenvalue weighted by Gasteiger charge is 2.19. The lowest BCUT2D eigenvalue weighted by atomic mass is 9.98. The maximum atomic E-state index is 12.4. The Bertz CT molecular complexity index is 981. The van der Waals surface area contributed by atoms with Gasteiger partial charge < -0.3 is 9.73 Å². The van der Waals surface area contributed by atoms with Crippen LogP contribution >= 0.6 is 0 Å². The molecule has 0 aliphatic carbocycles. The molecule has 1 aromatic carbocycles. The molecule has 150 valence electrons. The van der Waals surface area contributed by atoms with Gasteiger partial charge in [-0.3, -0.25) is 14.7 Å². The van der Waals surface area contributed by atoms with Crippen LogP contribution in [0.4, 0.5) is 5.69 Å². The van der Waals surface area contributed by atoms with Crippen molar-refractivity contribution in [3.05, 3.63) is 83.1 Å². The number of fused-ring (bicyclic) bond motifs is 1. The third-order valence-corrected chi connectivity index (χ3v) is 5.58. The summed E-state index contributed by atoms with van der Waals surface area (Å²) in [4.78, 5) is 19.0. The molecule has 5 nitrogen and oxygen atoms in total. The molecule has 3 heterocycles. The third-order valence-electron chi connectivity index (χ3n) is 5.58. The fourth-order valence-corrected chi connectivity index (χ4v) is 3.81. The van der Waals surface area contributed by atoms with Gasteiger partial charge in [0.15, 0.2) is 0 Å². The molecule has 0 saturated carbocycles. The summed E-state index contributed by atoms with van der Waals surface area (Å²) >= 11 is 0. The van der Waals surface area contributed by atoms with Crippen LogP contribution in [0.25, 0.3) is 0 Å². The van der Waals surface area contributed by atoms with Crippen LogP contribution in [0.3, 0.4) is 0 Å². The van der Waals surface area contributed by atoms with Crippen molar-refractivity contribution in [3.63, 3.8) is 0 Å². The SMILES string of the molecule is Cc1ccc(C(C)CCN2CCc3ccc(NC(=O)c4ccccn4)cc3C2)o1. The van der Waals surface area contributed by atoms with Crippen LogP contribution in [0.5, 0.6) is 0 Å². The number of hydrogen-bond donors (Lipinski definition) is 1. The highest BCUT2D eigenvalue weighted by Crippen LogP contribution is 2.26. The van der Waals surface area contributed by atoms with Crippen molar-refractivity contribution in [1.82, 2.24) is 9.88 Å². The maximum Gasteiger partial charge on any atom is 0.274 e. The minimum absolute atomic E-state index is 0.180. The number of hydrogen-bond acceptors (Lipinski definition) is 4. The van der Waals surface area contributed by atoms with Crippen LogP contribution < -0.4 is 5.32 Å². The number of carbonyl (C=O) groups is 1. The lowest BCUT2D eigenvalue weighted by Crippen LogP contribution is -2.32. The smallest absolute Gasteiger partial charge is 0.274 e. The van der Waals surface area contributed by atoms with E-state index >= 15 is 0 Å². The molecule has 0 spiro atoms.